The first-order chi connectivity index (χ1) is 9.17. The summed E-state index contributed by atoms with van der Waals surface area (Å²) in [6.07, 6.45) is 2.10. The predicted molar refractivity (Wildman–Crippen MR) is 78.4 cm³/mol. The van der Waals surface area contributed by atoms with Gasteiger partial charge < -0.3 is 10.2 Å². The van der Waals surface area contributed by atoms with Gasteiger partial charge in [-0.3, -0.25) is 4.79 Å². The van der Waals surface area contributed by atoms with Crippen LogP contribution < -0.4 is 5.32 Å². The molecule has 19 heavy (non-hydrogen) atoms. The van der Waals surface area contributed by atoms with Crippen LogP contribution in [0.5, 0.6) is 0 Å². The number of hydrogen-bond acceptors (Lipinski definition) is 2. The Bertz CT molecular complexity index is 444. The molecule has 0 aromatic heterocycles. The van der Waals surface area contributed by atoms with Crippen LogP contribution in [0.4, 0.5) is 0 Å². The maximum absolute atomic E-state index is 12.5. The number of hydrogen-bond donors (Lipinski definition) is 1. The minimum Gasteiger partial charge on any atom is -0.337 e. The van der Waals surface area contributed by atoms with E-state index in [4.69, 9.17) is 0 Å². The van der Waals surface area contributed by atoms with E-state index in [1.165, 1.54) is 5.56 Å². The second kappa shape index (κ2) is 6.20. The van der Waals surface area contributed by atoms with Crippen LogP contribution in [0.1, 0.15) is 36.2 Å². The molecule has 0 bridgehead atoms. The summed E-state index contributed by atoms with van der Waals surface area (Å²) >= 11 is 0. The fourth-order valence-corrected chi connectivity index (χ4v) is 2.73. The largest absolute Gasteiger partial charge is 0.337 e. The zero-order valence-corrected chi connectivity index (χ0v) is 12.1. The lowest BCUT2D eigenvalue weighted by molar-refractivity contribution is 0.0710. The highest BCUT2D eigenvalue weighted by atomic mass is 16.2. The van der Waals surface area contributed by atoms with Gasteiger partial charge in [0.25, 0.3) is 5.91 Å². The van der Waals surface area contributed by atoms with Gasteiger partial charge in [0, 0.05) is 24.7 Å². The van der Waals surface area contributed by atoms with Crippen molar-refractivity contribution in [2.24, 2.45) is 5.92 Å². The average molecular weight is 260 g/mol. The maximum Gasteiger partial charge on any atom is 0.254 e. The zero-order chi connectivity index (χ0) is 13.8. The number of rotatable bonds is 5. The van der Waals surface area contributed by atoms with E-state index in [1.54, 1.807) is 0 Å². The lowest BCUT2D eigenvalue weighted by atomic mass is 9.95. The van der Waals surface area contributed by atoms with E-state index < -0.39 is 0 Å². The predicted octanol–water partition coefficient (Wildman–Crippen LogP) is 2.32. The van der Waals surface area contributed by atoms with Crippen molar-refractivity contribution in [1.29, 1.82) is 0 Å². The van der Waals surface area contributed by atoms with Crippen LogP contribution >= 0.6 is 0 Å². The maximum atomic E-state index is 12.5. The highest BCUT2D eigenvalue weighted by Gasteiger charge is 2.26. The molecule has 0 radical (unpaired) electrons. The molecule has 1 amide bonds. The second-order valence-corrected chi connectivity index (χ2v) is 5.44. The van der Waals surface area contributed by atoms with Crippen molar-refractivity contribution in [3.63, 3.8) is 0 Å². The molecule has 104 valence electrons. The fourth-order valence-electron chi connectivity index (χ4n) is 2.73. The van der Waals surface area contributed by atoms with Crippen molar-refractivity contribution in [2.45, 2.75) is 32.7 Å². The molecule has 0 saturated heterocycles. The minimum absolute atomic E-state index is 0.186. The number of likely N-dealkylation sites (N-methyl/N-ethyl adjacent to an activating group) is 1. The molecule has 0 fully saturated rings. The summed E-state index contributed by atoms with van der Waals surface area (Å²) in [6, 6.07) is 8.34. The quantitative estimate of drug-likeness (QED) is 0.881. The molecule has 1 aromatic rings. The fraction of sp³-hybridized carbons (Fsp3) is 0.562. The summed E-state index contributed by atoms with van der Waals surface area (Å²) in [7, 11) is 1.99. The third kappa shape index (κ3) is 2.98. The first-order valence-corrected chi connectivity index (χ1v) is 7.21. The standard InChI is InChI=1S/C16H24N2O/c1-4-12(2)15(17-3)11-18-10-9-13-7-5-6-8-14(13)16(18)19/h5-8,12,15,17H,4,9-11H2,1-3H3. The SMILES string of the molecule is CCC(C)C(CN1CCc2ccccc2C1=O)NC. The van der Waals surface area contributed by atoms with Crippen molar-refractivity contribution in [2.75, 3.05) is 20.1 Å². The zero-order valence-electron chi connectivity index (χ0n) is 12.1. The van der Waals surface area contributed by atoms with E-state index in [2.05, 4.69) is 25.2 Å². The highest BCUT2D eigenvalue weighted by molar-refractivity contribution is 5.96. The molecule has 2 atom stereocenters. The summed E-state index contributed by atoms with van der Waals surface area (Å²) in [4.78, 5) is 14.5. The smallest absolute Gasteiger partial charge is 0.254 e. The molecule has 3 heteroatoms. The summed E-state index contributed by atoms with van der Waals surface area (Å²) < 4.78 is 0. The van der Waals surface area contributed by atoms with Gasteiger partial charge in [-0.1, -0.05) is 38.5 Å². The van der Waals surface area contributed by atoms with Gasteiger partial charge in [-0.25, -0.2) is 0 Å². The van der Waals surface area contributed by atoms with E-state index in [0.29, 0.717) is 12.0 Å². The van der Waals surface area contributed by atoms with Crippen molar-refractivity contribution >= 4 is 5.91 Å². The van der Waals surface area contributed by atoms with Crippen LogP contribution in [0.25, 0.3) is 0 Å². The van der Waals surface area contributed by atoms with Gasteiger partial charge in [0.1, 0.15) is 0 Å². The van der Waals surface area contributed by atoms with Gasteiger partial charge in [0.15, 0.2) is 0 Å². The molecule has 2 unspecified atom stereocenters. The Labute approximate surface area is 116 Å². The Morgan fingerprint density at radius 1 is 1.37 bits per heavy atom. The van der Waals surface area contributed by atoms with Gasteiger partial charge in [0.2, 0.25) is 0 Å². The number of amides is 1. The Morgan fingerprint density at radius 3 is 2.79 bits per heavy atom. The normalized spacial score (nSPS) is 18.1. The van der Waals surface area contributed by atoms with Gasteiger partial charge >= 0.3 is 0 Å². The molecule has 0 saturated carbocycles. The summed E-state index contributed by atoms with van der Waals surface area (Å²) in [5.41, 5.74) is 2.07. The minimum atomic E-state index is 0.186. The number of benzene rings is 1. The van der Waals surface area contributed by atoms with Crippen molar-refractivity contribution in [3.8, 4) is 0 Å². The van der Waals surface area contributed by atoms with E-state index >= 15 is 0 Å². The molecule has 1 aliphatic heterocycles. The molecule has 2 rings (SSSR count). The van der Waals surface area contributed by atoms with Gasteiger partial charge in [-0.15, -0.1) is 0 Å². The molecule has 3 nitrogen and oxygen atoms in total. The van der Waals surface area contributed by atoms with Crippen LogP contribution in [0.15, 0.2) is 24.3 Å². The van der Waals surface area contributed by atoms with Crippen molar-refractivity contribution in [1.82, 2.24) is 10.2 Å². The topological polar surface area (TPSA) is 32.3 Å². The first kappa shape index (κ1) is 14.1. The van der Waals surface area contributed by atoms with Crippen molar-refractivity contribution in [3.05, 3.63) is 35.4 Å². The lowest BCUT2D eigenvalue weighted by Crippen LogP contribution is -2.48. The summed E-state index contributed by atoms with van der Waals surface area (Å²) in [5.74, 6) is 0.764. The molecule has 1 aliphatic rings. The molecular formula is C16H24N2O. The third-order valence-corrected chi connectivity index (χ3v) is 4.30. The third-order valence-electron chi connectivity index (χ3n) is 4.30. The van der Waals surface area contributed by atoms with E-state index in [9.17, 15) is 4.79 Å². The van der Waals surface area contributed by atoms with Crippen LogP contribution in [0.3, 0.4) is 0 Å². The highest BCUT2D eigenvalue weighted by Crippen LogP contribution is 2.20. The lowest BCUT2D eigenvalue weighted by Gasteiger charge is -2.33. The van der Waals surface area contributed by atoms with Crippen LogP contribution in [-0.4, -0.2) is 37.0 Å². The Kier molecular flexibility index (Phi) is 4.59. The van der Waals surface area contributed by atoms with Gasteiger partial charge in [0.05, 0.1) is 0 Å². The number of carbonyl (C=O) groups is 1. The Morgan fingerprint density at radius 2 is 2.11 bits per heavy atom. The van der Waals surface area contributed by atoms with Crippen LogP contribution in [0, 0.1) is 5.92 Å². The van der Waals surface area contributed by atoms with Gasteiger partial charge in [-0.2, -0.15) is 0 Å². The average Bonchev–Trinajstić information content (AvgIpc) is 2.46. The summed E-state index contributed by atoms with van der Waals surface area (Å²) in [5, 5.41) is 3.35. The monoisotopic (exact) mass is 260 g/mol. The number of nitrogens with zero attached hydrogens (tertiary/aromatic N) is 1. The molecule has 1 aromatic carbocycles. The molecule has 1 heterocycles. The molecule has 0 aliphatic carbocycles. The van der Waals surface area contributed by atoms with E-state index in [1.807, 2.05) is 30.1 Å². The molecular weight excluding hydrogens is 236 g/mol. The second-order valence-electron chi connectivity index (χ2n) is 5.44. The number of nitrogens with one attached hydrogen (secondary N) is 1. The Balaban J connectivity index is 2.09. The van der Waals surface area contributed by atoms with E-state index in [-0.39, 0.29) is 5.91 Å². The summed E-state index contributed by atoms with van der Waals surface area (Å²) in [6.45, 7) is 6.08. The number of carbonyl (C=O) groups excluding carboxylic acids is 1. The number of fused-ring (bicyclic) bond motifs is 1. The first-order valence-electron chi connectivity index (χ1n) is 7.21. The van der Waals surface area contributed by atoms with Crippen LogP contribution in [-0.2, 0) is 6.42 Å². The Hall–Kier alpha value is -1.35. The molecule has 0 spiro atoms. The van der Waals surface area contributed by atoms with Crippen LogP contribution in [0.2, 0.25) is 0 Å². The van der Waals surface area contributed by atoms with Gasteiger partial charge in [-0.05, 0) is 31.0 Å². The van der Waals surface area contributed by atoms with E-state index in [0.717, 1.165) is 31.5 Å². The van der Waals surface area contributed by atoms with Crippen molar-refractivity contribution < 1.29 is 4.79 Å². The molecule has 1 N–H and O–H groups in total.